The molecule has 3 rings (SSSR count). The quantitative estimate of drug-likeness (QED) is 0.620. The molecule has 110 valence electrons. The smallest absolute Gasteiger partial charge is 0.125 e. The van der Waals surface area contributed by atoms with Crippen molar-refractivity contribution in [3.05, 3.63) is 44.6 Å². The Hall–Kier alpha value is -1.10. The van der Waals surface area contributed by atoms with Crippen LogP contribution in [0.1, 0.15) is 34.4 Å². The lowest BCUT2D eigenvalue weighted by molar-refractivity contribution is 0.639. The molecular weight excluding hydrogens is 325 g/mol. The third kappa shape index (κ3) is 2.56. The molecule has 3 nitrogen and oxygen atoms in total. The lowest BCUT2D eigenvalue weighted by Gasteiger charge is -2.16. The Morgan fingerprint density at radius 3 is 2.67 bits per heavy atom. The Labute approximate surface area is 137 Å². The zero-order chi connectivity index (χ0) is 15.1. The molecule has 1 unspecified atom stereocenters. The maximum atomic E-state index is 6.09. The summed E-state index contributed by atoms with van der Waals surface area (Å²) in [6.45, 7) is 6.24. The van der Waals surface area contributed by atoms with Gasteiger partial charge in [-0.1, -0.05) is 11.6 Å². The van der Waals surface area contributed by atoms with Gasteiger partial charge in [0.25, 0.3) is 0 Å². The van der Waals surface area contributed by atoms with Crippen LogP contribution >= 0.6 is 34.5 Å². The number of thiazole rings is 1. The molecule has 0 bridgehead atoms. The molecule has 0 amide bonds. The van der Waals surface area contributed by atoms with E-state index in [2.05, 4.69) is 21.5 Å². The molecule has 0 aliphatic rings. The standard InChI is InChI=1S/C15H15Cl2N3S/c1-8-15(21-10(3)18-8)9(2)20-13-5-4-11(17)6-12(13)19-14(20)7-16/h4-6,9H,7H2,1-3H3. The summed E-state index contributed by atoms with van der Waals surface area (Å²) in [6.07, 6.45) is 0. The Bertz CT molecular complexity index is 807. The van der Waals surface area contributed by atoms with E-state index in [4.69, 9.17) is 23.2 Å². The maximum Gasteiger partial charge on any atom is 0.125 e. The van der Waals surface area contributed by atoms with Gasteiger partial charge in [-0.15, -0.1) is 22.9 Å². The topological polar surface area (TPSA) is 30.7 Å². The number of hydrogen-bond donors (Lipinski definition) is 0. The third-order valence-corrected chi connectivity index (χ3v) is 5.27. The van der Waals surface area contributed by atoms with Crippen LogP contribution in [0.5, 0.6) is 0 Å². The van der Waals surface area contributed by atoms with E-state index >= 15 is 0 Å². The van der Waals surface area contributed by atoms with Crippen LogP contribution in [0.3, 0.4) is 0 Å². The minimum atomic E-state index is 0.149. The van der Waals surface area contributed by atoms with Gasteiger partial charge in [0.05, 0.1) is 38.5 Å². The summed E-state index contributed by atoms with van der Waals surface area (Å²) in [6, 6.07) is 5.91. The minimum Gasteiger partial charge on any atom is -0.319 e. The molecule has 6 heteroatoms. The number of nitrogens with zero attached hydrogens (tertiary/aromatic N) is 3. The first-order valence-electron chi connectivity index (χ1n) is 6.67. The molecule has 0 saturated carbocycles. The zero-order valence-electron chi connectivity index (χ0n) is 12.0. The molecule has 0 saturated heterocycles. The number of alkyl halides is 1. The van der Waals surface area contributed by atoms with E-state index in [-0.39, 0.29) is 6.04 Å². The third-order valence-electron chi connectivity index (χ3n) is 3.55. The fourth-order valence-corrected chi connectivity index (χ4v) is 4.03. The van der Waals surface area contributed by atoms with Crippen molar-refractivity contribution < 1.29 is 0 Å². The molecule has 0 aliphatic carbocycles. The summed E-state index contributed by atoms with van der Waals surface area (Å²) in [5.41, 5.74) is 3.00. The number of hydrogen-bond acceptors (Lipinski definition) is 3. The number of benzene rings is 1. The Morgan fingerprint density at radius 2 is 2.05 bits per heavy atom. The van der Waals surface area contributed by atoms with Gasteiger partial charge in [0.2, 0.25) is 0 Å². The highest BCUT2D eigenvalue weighted by Crippen LogP contribution is 2.32. The molecule has 0 aliphatic heterocycles. The van der Waals surface area contributed by atoms with E-state index in [0.29, 0.717) is 10.9 Å². The first-order valence-corrected chi connectivity index (χ1v) is 8.40. The van der Waals surface area contributed by atoms with E-state index in [1.54, 1.807) is 11.3 Å². The lowest BCUT2D eigenvalue weighted by atomic mass is 10.2. The first kappa shape index (κ1) is 14.8. The second kappa shape index (κ2) is 5.59. The van der Waals surface area contributed by atoms with Gasteiger partial charge in [0.1, 0.15) is 5.82 Å². The van der Waals surface area contributed by atoms with Gasteiger partial charge in [-0.25, -0.2) is 9.97 Å². The molecule has 2 heterocycles. The number of rotatable bonds is 3. The predicted octanol–water partition coefficient (Wildman–Crippen LogP) is 5.11. The van der Waals surface area contributed by atoms with E-state index in [1.165, 1.54) is 4.88 Å². The van der Waals surface area contributed by atoms with Crippen molar-refractivity contribution >= 4 is 45.6 Å². The SMILES string of the molecule is Cc1nc(C)c(C(C)n2c(CCl)nc3cc(Cl)ccc32)s1. The number of aryl methyl sites for hydroxylation is 2. The van der Waals surface area contributed by atoms with Gasteiger partial charge < -0.3 is 4.57 Å². The van der Waals surface area contributed by atoms with Crippen molar-refractivity contribution in [3.8, 4) is 0 Å². The molecule has 21 heavy (non-hydrogen) atoms. The largest absolute Gasteiger partial charge is 0.319 e. The van der Waals surface area contributed by atoms with Crippen LogP contribution in [0.4, 0.5) is 0 Å². The van der Waals surface area contributed by atoms with Gasteiger partial charge in [-0.3, -0.25) is 0 Å². The van der Waals surface area contributed by atoms with Crippen molar-refractivity contribution in [2.75, 3.05) is 0 Å². The van der Waals surface area contributed by atoms with Gasteiger partial charge in [-0.2, -0.15) is 0 Å². The molecule has 0 N–H and O–H groups in total. The summed E-state index contributed by atoms with van der Waals surface area (Å²) in [5, 5.41) is 1.76. The highest BCUT2D eigenvalue weighted by Gasteiger charge is 2.20. The molecule has 0 radical (unpaired) electrons. The lowest BCUT2D eigenvalue weighted by Crippen LogP contribution is -2.09. The van der Waals surface area contributed by atoms with Gasteiger partial charge in [0.15, 0.2) is 0 Å². The highest BCUT2D eigenvalue weighted by atomic mass is 35.5. The van der Waals surface area contributed by atoms with E-state index < -0.39 is 0 Å². The van der Waals surface area contributed by atoms with Crippen molar-refractivity contribution in [1.29, 1.82) is 0 Å². The van der Waals surface area contributed by atoms with Gasteiger partial charge in [0, 0.05) is 5.02 Å². The average molecular weight is 340 g/mol. The highest BCUT2D eigenvalue weighted by molar-refractivity contribution is 7.11. The summed E-state index contributed by atoms with van der Waals surface area (Å²) in [7, 11) is 0. The molecular formula is C15H15Cl2N3S. The number of aromatic nitrogens is 3. The fourth-order valence-electron chi connectivity index (χ4n) is 2.70. The minimum absolute atomic E-state index is 0.149. The normalized spacial score (nSPS) is 13.0. The van der Waals surface area contributed by atoms with Crippen molar-refractivity contribution in [3.63, 3.8) is 0 Å². The van der Waals surface area contributed by atoms with Crippen molar-refractivity contribution in [2.45, 2.75) is 32.7 Å². The molecule has 2 aromatic heterocycles. The van der Waals surface area contributed by atoms with Crippen LogP contribution in [0.25, 0.3) is 11.0 Å². The van der Waals surface area contributed by atoms with Crippen molar-refractivity contribution in [1.82, 2.24) is 14.5 Å². The fraction of sp³-hybridized carbons (Fsp3) is 0.333. The Balaban J connectivity index is 2.20. The number of halogens is 2. The molecule has 0 fully saturated rings. The number of fused-ring (bicyclic) bond motifs is 1. The van der Waals surface area contributed by atoms with Crippen LogP contribution in [-0.2, 0) is 5.88 Å². The van der Waals surface area contributed by atoms with Crippen LogP contribution in [0.2, 0.25) is 5.02 Å². The molecule has 1 atom stereocenters. The van der Waals surface area contributed by atoms with Gasteiger partial charge in [-0.05, 0) is 39.0 Å². The second-order valence-corrected chi connectivity index (χ2v) is 6.96. The molecule has 0 spiro atoms. The van der Waals surface area contributed by atoms with E-state index in [1.807, 2.05) is 32.0 Å². The molecule has 3 aromatic rings. The monoisotopic (exact) mass is 339 g/mol. The molecule has 1 aromatic carbocycles. The van der Waals surface area contributed by atoms with Crippen LogP contribution in [0, 0.1) is 13.8 Å². The van der Waals surface area contributed by atoms with Gasteiger partial charge >= 0.3 is 0 Å². The summed E-state index contributed by atoms with van der Waals surface area (Å²) in [4.78, 5) is 10.4. The van der Waals surface area contributed by atoms with E-state index in [9.17, 15) is 0 Å². The average Bonchev–Trinajstić information content (AvgIpc) is 2.97. The zero-order valence-corrected chi connectivity index (χ0v) is 14.4. The van der Waals surface area contributed by atoms with Crippen LogP contribution in [-0.4, -0.2) is 14.5 Å². The Kier molecular flexibility index (Phi) is 3.95. The Morgan fingerprint density at radius 1 is 1.29 bits per heavy atom. The van der Waals surface area contributed by atoms with Crippen LogP contribution in [0.15, 0.2) is 18.2 Å². The summed E-state index contributed by atoms with van der Waals surface area (Å²) in [5.74, 6) is 1.22. The second-order valence-electron chi connectivity index (χ2n) is 5.02. The number of imidazole rings is 1. The maximum absolute atomic E-state index is 6.09. The van der Waals surface area contributed by atoms with Crippen LogP contribution < -0.4 is 0 Å². The van der Waals surface area contributed by atoms with E-state index in [0.717, 1.165) is 27.6 Å². The van der Waals surface area contributed by atoms with Crippen molar-refractivity contribution in [2.24, 2.45) is 0 Å². The predicted molar refractivity (Wildman–Crippen MR) is 89.7 cm³/mol. The first-order chi connectivity index (χ1) is 10.0. The summed E-state index contributed by atoms with van der Waals surface area (Å²) < 4.78 is 2.18. The summed E-state index contributed by atoms with van der Waals surface area (Å²) >= 11 is 13.9.